The molecule has 0 radical (unpaired) electrons. The highest BCUT2D eigenvalue weighted by Gasteiger charge is 2.28. The van der Waals surface area contributed by atoms with E-state index in [1.54, 1.807) is 146 Å². The van der Waals surface area contributed by atoms with Crippen molar-refractivity contribution in [2.24, 2.45) is 40.7 Å². The summed E-state index contributed by atoms with van der Waals surface area (Å²) in [5.41, 5.74) is 32.3. The second kappa shape index (κ2) is 45.2. The van der Waals surface area contributed by atoms with Crippen LogP contribution in [0.1, 0.15) is 144 Å². The highest BCUT2D eigenvalue weighted by atomic mass is 36.0. The maximum Gasteiger partial charge on any atom is 0.274 e. The summed E-state index contributed by atoms with van der Waals surface area (Å²) in [5.74, 6) is -0.959. The summed E-state index contributed by atoms with van der Waals surface area (Å²) in [5, 5.41) is 42.1. The number of aliphatic hydroxyl groups is 1. The van der Waals surface area contributed by atoms with E-state index in [1.165, 1.54) is 84.4 Å². The molecule has 6 heterocycles. The van der Waals surface area contributed by atoms with Crippen LogP contribution in [0.15, 0.2) is 219 Å². The molecule has 3 saturated carbocycles. The van der Waals surface area contributed by atoms with Gasteiger partial charge in [0.25, 0.3) is 17.7 Å². The van der Waals surface area contributed by atoms with E-state index in [1.807, 2.05) is 61.7 Å². The van der Waals surface area contributed by atoms with Crippen LogP contribution >= 0.6 is 21.4 Å². The Bertz CT molecular complexity index is 5500. The number of anilines is 3. The molecule has 622 valence electrons. The van der Waals surface area contributed by atoms with E-state index in [2.05, 4.69) is 93.2 Å². The van der Waals surface area contributed by atoms with Crippen molar-refractivity contribution in [3.63, 3.8) is 0 Å². The maximum atomic E-state index is 14.9. The van der Waals surface area contributed by atoms with Gasteiger partial charge in [0, 0.05) is 96.8 Å². The van der Waals surface area contributed by atoms with Gasteiger partial charge >= 0.3 is 0 Å². The lowest BCUT2D eigenvalue weighted by Crippen LogP contribution is -2.27. The lowest BCUT2D eigenvalue weighted by atomic mass is 9.99. The SMILES string of the molecule is Cc1cc(C(=O)Nc2cc(C(NCC3CC3)c3cccnc3)ccc2F)n(-c2cccc(CN)c2)n1.NCC1CC1.NCCNCCN.O=S(Cl)Cl.[C-]#[N+]c1cccc(-n2nc(C)cc2C(=O)Nc2cc(C(NCC3CC3)c3cccnc3)ccc2F)c1.[C-]#[N+]c1cccc(-n2nc(C)cc2C(=O)Nc2cc(C(O)c3cccnc3)ccc2F)c1. The van der Waals surface area contributed by atoms with Crippen LogP contribution in [0.4, 0.5) is 41.6 Å². The number of aromatic nitrogens is 9. The number of nitrogens with one attached hydrogen (secondary N) is 6. The van der Waals surface area contributed by atoms with Crippen molar-refractivity contribution in [3.8, 4) is 17.1 Å². The van der Waals surface area contributed by atoms with Gasteiger partial charge in [0.05, 0.1) is 76.4 Å². The molecule has 15 N–H and O–H groups in total. The van der Waals surface area contributed by atoms with Crippen molar-refractivity contribution in [3.05, 3.63) is 333 Å². The average Bonchev–Trinajstić information content (AvgIpc) is 1.53. The summed E-state index contributed by atoms with van der Waals surface area (Å²) in [7, 11) is 7.36. The van der Waals surface area contributed by atoms with Crippen molar-refractivity contribution in [1.82, 2.24) is 60.2 Å². The fourth-order valence-corrected chi connectivity index (χ4v) is 12.4. The number of halogens is 5. The Morgan fingerprint density at radius 3 is 1.18 bits per heavy atom. The molecule has 3 amide bonds. The summed E-state index contributed by atoms with van der Waals surface area (Å²) in [6.45, 7) is 25.9. The van der Waals surface area contributed by atoms with Gasteiger partial charge in [-0.2, -0.15) is 15.3 Å². The van der Waals surface area contributed by atoms with Crippen molar-refractivity contribution >= 4 is 76.7 Å². The first-order valence-corrected chi connectivity index (χ1v) is 41.5. The monoisotopic (exact) mass is 1680 g/mol. The van der Waals surface area contributed by atoms with E-state index in [0.717, 1.165) is 66.5 Å². The van der Waals surface area contributed by atoms with E-state index >= 15 is 0 Å². The molecule has 3 aliphatic carbocycles. The lowest BCUT2D eigenvalue weighted by molar-refractivity contribution is 0.101. The fraction of sp³-hybridized carbons (Fsp3) is 0.261. The van der Waals surface area contributed by atoms with Gasteiger partial charge in [-0.05, 0) is 239 Å². The number of nitrogens with zero attached hydrogens (tertiary/aromatic N) is 11. The van der Waals surface area contributed by atoms with Crippen LogP contribution in [0.25, 0.3) is 26.8 Å². The molecule has 3 fully saturated rings. The van der Waals surface area contributed by atoms with Gasteiger partial charge < -0.3 is 59.9 Å². The van der Waals surface area contributed by atoms with Crippen molar-refractivity contribution in [2.45, 2.75) is 84.0 Å². The molecular weight excluding hydrogens is 1590 g/mol. The van der Waals surface area contributed by atoms with Gasteiger partial charge in [0.2, 0.25) is 9.23 Å². The molecule has 3 atom stereocenters. The number of carbonyl (C=O) groups excluding carboxylic acids is 3. The van der Waals surface area contributed by atoms with Gasteiger partial charge in [-0.3, -0.25) is 29.3 Å². The summed E-state index contributed by atoms with van der Waals surface area (Å²) >= 11 is 0. The minimum absolute atomic E-state index is 0.0734. The van der Waals surface area contributed by atoms with Gasteiger partial charge in [-0.15, -0.1) is 0 Å². The summed E-state index contributed by atoms with van der Waals surface area (Å²) < 4.78 is 57.7. The third-order valence-corrected chi connectivity index (χ3v) is 19.0. The first-order valence-electron chi connectivity index (χ1n) is 38.7. The maximum absolute atomic E-state index is 14.9. The van der Waals surface area contributed by atoms with Crippen LogP contribution in [0, 0.1) is 69.1 Å². The second-order valence-corrected chi connectivity index (χ2v) is 31.0. The Morgan fingerprint density at radius 1 is 0.483 bits per heavy atom. The van der Waals surface area contributed by atoms with E-state index in [0.29, 0.717) is 93.8 Å². The number of hydrogen-bond donors (Lipinski definition) is 11. The van der Waals surface area contributed by atoms with Crippen LogP contribution in [0.3, 0.4) is 0 Å². The van der Waals surface area contributed by atoms with E-state index < -0.39 is 50.5 Å². The average molecular weight is 1690 g/mol. The van der Waals surface area contributed by atoms with Gasteiger partial charge in [0.1, 0.15) is 40.6 Å². The number of carbonyl (C=O) groups is 3. The highest BCUT2D eigenvalue weighted by Crippen LogP contribution is 2.35. The normalized spacial score (nSPS) is 13.2. The number of amides is 3. The lowest BCUT2D eigenvalue weighted by Gasteiger charge is -2.20. The Kier molecular flexibility index (Phi) is 34.1. The minimum Gasteiger partial charge on any atom is -0.384 e. The fourth-order valence-electron chi connectivity index (χ4n) is 12.4. The van der Waals surface area contributed by atoms with E-state index in [-0.39, 0.29) is 40.5 Å². The van der Waals surface area contributed by atoms with Crippen LogP contribution in [0.5, 0.6) is 0 Å². The third-order valence-electron chi connectivity index (χ3n) is 19.0. The number of pyridine rings is 3. The third kappa shape index (κ3) is 27.0. The van der Waals surface area contributed by atoms with Gasteiger partial charge in [0.15, 0.2) is 11.4 Å². The molecule has 6 aromatic heterocycles. The molecule has 0 spiro atoms. The number of aryl methyl sites for hydroxylation is 3. The molecule has 3 unspecified atom stereocenters. The zero-order chi connectivity index (χ0) is 85.6. The number of aliphatic hydroxyl groups excluding tert-OH is 1. The first-order chi connectivity index (χ1) is 58.1. The molecule has 6 aromatic carbocycles. The van der Waals surface area contributed by atoms with E-state index in [9.17, 15) is 32.7 Å². The molecule has 0 bridgehead atoms. The Morgan fingerprint density at radius 2 is 0.842 bits per heavy atom. The van der Waals surface area contributed by atoms with Crippen molar-refractivity contribution in [2.75, 3.05) is 61.8 Å². The summed E-state index contributed by atoms with van der Waals surface area (Å²) in [4.78, 5) is 58.9. The molecule has 120 heavy (non-hydrogen) atoms. The summed E-state index contributed by atoms with van der Waals surface area (Å²) in [6.07, 6.45) is 16.8. The van der Waals surface area contributed by atoms with Gasteiger partial charge in [-0.25, -0.2) is 41.1 Å². The highest BCUT2D eigenvalue weighted by molar-refractivity contribution is 8.26. The van der Waals surface area contributed by atoms with Crippen LogP contribution < -0.4 is 54.8 Å². The van der Waals surface area contributed by atoms with Crippen molar-refractivity contribution < 1.29 is 36.9 Å². The zero-order valence-electron chi connectivity index (χ0n) is 66.3. The molecule has 32 heteroatoms. The van der Waals surface area contributed by atoms with Crippen LogP contribution in [-0.4, -0.2) is 117 Å². The standard InChI is InChI=1S/C28H25FN6O.C28H29FN6O.C24H18FN5O2.C4H13N3.C4H9N.Cl2OS/c1-18-13-26(35(34-18)23-7-3-6-22(15-23)30-2)28(36)33-25-14-20(10-11-24(25)29)27(32-16-19-8-9-19)21-5-4-12-31-17-21;1-18-12-26(35(34-18)23-6-2-4-20(13-23)15-30)28(36)33-25-14-21(9-10-24(25)29)27(32-16-19-7-8-19)22-5-3-11-31-17-22;1-15-11-22(30(29-15)19-7-3-6-18(13-19)26-2)24(32)28-21-12-16(8-9-20(21)25)23(31)17-5-4-10-27-14-17;5-1-3-7-4-2-6;5-3-4-1-2-4;1-4(2)3/h3-7,10-15,17,19,27,32H,8-9,16H2,1H3,(H,33,36);2-6,9-14,17,19,27,32H,7-8,15-16,30H2,1H3,(H,33,36);3-14,23,31H,1H3,(H,28,32);7H,1-6H2;4H,1-3,5H2;. The predicted molar refractivity (Wildman–Crippen MR) is 463 cm³/mol. The minimum atomic E-state index is -1.67. The quantitative estimate of drug-likeness (QED) is 0.0129. The predicted octanol–water partition coefficient (Wildman–Crippen LogP) is 14.6. The smallest absolute Gasteiger partial charge is 0.274 e. The largest absolute Gasteiger partial charge is 0.384 e. The number of benzene rings is 6. The van der Waals surface area contributed by atoms with Gasteiger partial charge in [-0.1, -0.05) is 72.8 Å². The Labute approximate surface area is 705 Å². The molecule has 0 aliphatic heterocycles. The second-order valence-electron chi connectivity index (χ2n) is 28.5. The molecule has 3 aliphatic rings. The molecular formula is C88H94Cl2F3N21O5S. The topological polar surface area (TPSA) is 366 Å². The Balaban J connectivity index is 0.000000173. The van der Waals surface area contributed by atoms with Crippen molar-refractivity contribution in [1.29, 1.82) is 0 Å². The number of hydrogen-bond acceptors (Lipinski definition) is 18. The number of nitrogens with two attached hydrogens (primary N) is 4. The van der Waals surface area contributed by atoms with Crippen LogP contribution in [-0.2, 0) is 15.8 Å². The van der Waals surface area contributed by atoms with Crippen LogP contribution in [0.2, 0.25) is 0 Å². The summed E-state index contributed by atoms with van der Waals surface area (Å²) in [6, 6.07) is 50.3. The van der Waals surface area contributed by atoms with E-state index in [4.69, 9.17) is 40.3 Å². The number of rotatable bonds is 27. The molecule has 26 nitrogen and oxygen atoms in total. The first kappa shape index (κ1) is 90.3. The molecule has 15 rings (SSSR count). The molecule has 12 aromatic rings. The zero-order valence-corrected chi connectivity index (χ0v) is 68.6. The molecule has 0 saturated heterocycles. The Hall–Kier alpha value is -12.0.